The minimum absolute atomic E-state index is 0.00282. The van der Waals surface area contributed by atoms with Crippen LogP contribution in [0, 0.1) is 0 Å². The summed E-state index contributed by atoms with van der Waals surface area (Å²) in [4.78, 5) is 25.6. The Morgan fingerprint density at radius 2 is 1.95 bits per heavy atom. The molecule has 1 saturated heterocycles. The first kappa shape index (κ1) is 14.1. The van der Waals surface area contributed by atoms with Gasteiger partial charge in [-0.15, -0.1) is 0 Å². The first-order valence-electron chi connectivity index (χ1n) is 6.48. The maximum atomic E-state index is 11.9. The van der Waals surface area contributed by atoms with Gasteiger partial charge in [0.15, 0.2) is 0 Å². The summed E-state index contributed by atoms with van der Waals surface area (Å²) in [6, 6.07) is 7.12. The van der Waals surface area contributed by atoms with E-state index in [0.717, 1.165) is 30.4 Å². The lowest BCUT2D eigenvalue weighted by Crippen LogP contribution is -2.42. The SMILES string of the molecule is O=C(NCC(=O)N1CCCCC1)c1cccc(Br)c1. The molecule has 0 saturated carbocycles. The first-order chi connectivity index (χ1) is 9.16. The van der Waals surface area contributed by atoms with Crippen molar-refractivity contribution in [2.45, 2.75) is 19.3 Å². The highest BCUT2D eigenvalue weighted by Crippen LogP contribution is 2.11. The van der Waals surface area contributed by atoms with Crippen molar-refractivity contribution in [2.24, 2.45) is 0 Å². The van der Waals surface area contributed by atoms with Crippen molar-refractivity contribution in [1.29, 1.82) is 0 Å². The fourth-order valence-corrected chi connectivity index (χ4v) is 2.54. The Kier molecular flexibility index (Phi) is 4.96. The summed E-state index contributed by atoms with van der Waals surface area (Å²) < 4.78 is 0.850. The summed E-state index contributed by atoms with van der Waals surface area (Å²) in [6.45, 7) is 1.70. The molecule has 19 heavy (non-hydrogen) atoms. The number of nitrogens with one attached hydrogen (secondary N) is 1. The van der Waals surface area contributed by atoms with Crippen molar-refractivity contribution >= 4 is 27.7 Å². The second-order valence-electron chi connectivity index (χ2n) is 4.63. The largest absolute Gasteiger partial charge is 0.343 e. The molecule has 1 aliphatic rings. The molecule has 4 nitrogen and oxygen atoms in total. The number of likely N-dealkylation sites (tertiary alicyclic amines) is 1. The minimum atomic E-state index is -0.216. The van der Waals surface area contributed by atoms with Crippen LogP contribution in [0.15, 0.2) is 28.7 Å². The summed E-state index contributed by atoms with van der Waals surface area (Å²) in [6.07, 6.45) is 3.31. The van der Waals surface area contributed by atoms with Gasteiger partial charge in [-0.25, -0.2) is 0 Å². The van der Waals surface area contributed by atoms with Crippen LogP contribution in [0.3, 0.4) is 0 Å². The van der Waals surface area contributed by atoms with Crippen LogP contribution in [-0.2, 0) is 4.79 Å². The van der Waals surface area contributed by atoms with Gasteiger partial charge in [0.1, 0.15) is 0 Å². The quantitative estimate of drug-likeness (QED) is 0.926. The molecular weight excluding hydrogens is 308 g/mol. The van der Waals surface area contributed by atoms with Crippen molar-refractivity contribution in [3.63, 3.8) is 0 Å². The molecule has 0 aliphatic carbocycles. The minimum Gasteiger partial charge on any atom is -0.343 e. The van der Waals surface area contributed by atoms with Crippen molar-refractivity contribution in [1.82, 2.24) is 10.2 Å². The second kappa shape index (κ2) is 6.70. The number of piperidine rings is 1. The number of halogens is 1. The number of nitrogens with zero attached hydrogens (tertiary/aromatic N) is 1. The lowest BCUT2D eigenvalue weighted by atomic mass is 10.1. The number of hydrogen-bond donors (Lipinski definition) is 1. The number of hydrogen-bond acceptors (Lipinski definition) is 2. The van der Waals surface area contributed by atoms with E-state index in [4.69, 9.17) is 0 Å². The standard InChI is InChI=1S/C14H17BrN2O2/c15-12-6-4-5-11(9-12)14(19)16-10-13(18)17-7-2-1-3-8-17/h4-6,9H,1-3,7-8,10H2,(H,16,19). The summed E-state index contributed by atoms with van der Waals surface area (Å²) in [7, 11) is 0. The van der Waals surface area contributed by atoms with Crippen molar-refractivity contribution in [3.05, 3.63) is 34.3 Å². The van der Waals surface area contributed by atoms with Gasteiger partial charge in [-0.2, -0.15) is 0 Å². The van der Waals surface area contributed by atoms with Crippen LogP contribution in [-0.4, -0.2) is 36.3 Å². The van der Waals surface area contributed by atoms with E-state index < -0.39 is 0 Å². The number of carbonyl (C=O) groups excluding carboxylic acids is 2. The lowest BCUT2D eigenvalue weighted by molar-refractivity contribution is -0.130. The Labute approximate surface area is 121 Å². The summed E-state index contributed by atoms with van der Waals surface area (Å²) in [5.74, 6) is -0.213. The van der Waals surface area contributed by atoms with E-state index in [2.05, 4.69) is 21.2 Å². The second-order valence-corrected chi connectivity index (χ2v) is 5.55. The Bertz CT molecular complexity index is 470. The van der Waals surface area contributed by atoms with Gasteiger partial charge in [-0.3, -0.25) is 9.59 Å². The summed E-state index contributed by atoms with van der Waals surface area (Å²) in [5.41, 5.74) is 0.556. The molecule has 0 aromatic heterocycles. The molecule has 1 aromatic carbocycles. The number of amides is 2. The van der Waals surface area contributed by atoms with Gasteiger partial charge in [0.2, 0.25) is 5.91 Å². The van der Waals surface area contributed by atoms with Crippen molar-refractivity contribution < 1.29 is 9.59 Å². The summed E-state index contributed by atoms with van der Waals surface area (Å²) in [5, 5.41) is 2.67. The monoisotopic (exact) mass is 324 g/mol. The molecule has 0 atom stereocenters. The lowest BCUT2D eigenvalue weighted by Gasteiger charge is -2.26. The molecule has 5 heteroatoms. The van der Waals surface area contributed by atoms with E-state index in [-0.39, 0.29) is 18.4 Å². The molecule has 2 rings (SSSR count). The Morgan fingerprint density at radius 3 is 2.63 bits per heavy atom. The molecule has 1 aromatic rings. The van der Waals surface area contributed by atoms with E-state index in [0.29, 0.717) is 5.56 Å². The van der Waals surface area contributed by atoms with Crippen LogP contribution in [0.5, 0.6) is 0 Å². The van der Waals surface area contributed by atoms with E-state index in [1.165, 1.54) is 6.42 Å². The zero-order valence-electron chi connectivity index (χ0n) is 10.7. The van der Waals surface area contributed by atoms with Gasteiger partial charge in [0.05, 0.1) is 6.54 Å². The Balaban J connectivity index is 1.84. The van der Waals surface area contributed by atoms with Gasteiger partial charge < -0.3 is 10.2 Å². The maximum absolute atomic E-state index is 11.9. The number of benzene rings is 1. The maximum Gasteiger partial charge on any atom is 0.251 e. The Morgan fingerprint density at radius 1 is 1.21 bits per heavy atom. The molecule has 1 heterocycles. The van der Waals surface area contributed by atoms with Crippen LogP contribution < -0.4 is 5.32 Å². The highest BCUT2D eigenvalue weighted by molar-refractivity contribution is 9.10. The van der Waals surface area contributed by atoms with Gasteiger partial charge in [0.25, 0.3) is 5.91 Å². The topological polar surface area (TPSA) is 49.4 Å². The average molecular weight is 325 g/mol. The molecule has 0 spiro atoms. The third kappa shape index (κ3) is 4.06. The van der Waals surface area contributed by atoms with Crippen LogP contribution in [0.1, 0.15) is 29.6 Å². The normalized spacial score (nSPS) is 15.1. The molecule has 0 unspecified atom stereocenters. The third-order valence-electron chi connectivity index (χ3n) is 3.20. The zero-order valence-corrected chi connectivity index (χ0v) is 12.3. The van der Waals surface area contributed by atoms with Gasteiger partial charge in [-0.05, 0) is 37.5 Å². The van der Waals surface area contributed by atoms with Crippen LogP contribution in [0.4, 0.5) is 0 Å². The van der Waals surface area contributed by atoms with E-state index in [1.807, 2.05) is 11.0 Å². The number of rotatable bonds is 3. The molecular formula is C14H17BrN2O2. The van der Waals surface area contributed by atoms with Crippen molar-refractivity contribution in [3.8, 4) is 0 Å². The average Bonchev–Trinajstić information content (AvgIpc) is 2.45. The fourth-order valence-electron chi connectivity index (χ4n) is 2.14. The van der Waals surface area contributed by atoms with Gasteiger partial charge >= 0.3 is 0 Å². The number of carbonyl (C=O) groups is 2. The molecule has 1 aliphatic heterocycles. The summed E-state index contributed by atoms with van der Waals surface area (Å²) >= 11 is 3.32. The zero-order chi connectivity index (χ0) is 13.7. The van der Waals surface area contributed by atoms with Crippen LogP contribution >= 0.6 is 15.9 Å². The molecule has 102 valence electrons. The third-order valence-corrected chi connectivity index (χ3v) is 3.69. The Hall–Kier alpha value is -1.36. The molecule has 1 fully saturated rings. The molecule has 0 radical (unpaired) electrons. The van der Waals surface area contributed by atoms with Gasteiger partial charge in [-0.1, -0.05) is 22.0 Å². The van der Waals surface area contributed by atoms with E-state index >= 15 is 0 Å². The molecule has 1 N–H and O–H groups in total. The smallest absolute Gasteiger partial charge is 0.251 e. The molecule has 2 amide bonds. The van der Waals surface area contributed by atoms with Crippen LogP contribution in [0.2, 0.25) is 0 Å². The highest BCUT2D eigenvalue weighted by Gasteiger charge is 2.17. The van der Waals surface area contributed by atoms with Crippen LogP contribution in [0.25, 0.3) is 0 Å². The highest BCUT2D eigenvalue weighted by atomic mass is 79.9. The fraction of sp³-hybridized carbons (Fsp3) is 0.429. The predicted molar refractivity (Wildman–Crippen MR) is 76.9 cm³/mol. The van der Waals surface area contributed by atoms with Crippen molar-refractivity contribution in [2.75, 3.05) is 19.6 Å². The molecule has 0 bridgehead atoms. The van der Waals surface area contributed by atoms with E-state index in [9.17, 15) is 9.59 Å². The predicted octanol–water partition coefficient (Wildman–Crippen LogP) is 2.19. The first-order valence-corrected chi connectivity index (χ1v) is 7.27. The van der Waals surface area contributed by atoms with Gasteiger partial charge in [0, 0.05) is 23.1 Å². The van der Waals surface area contributed by atoms with E-state index in [1.54, 1.807) is 18.2 Å².